The minimum Gasteiger partial charge on any atom is -0.394 e. The lowest BCUT2D eigenvalue weighted by Crippen LogP contribution is -2.31. The van der Waals surface area contributed by atoms with Gasteiger partial charge in [0.05, 0.1) is 12.7 Å². The van der Waals surface area contributed by atoms with Gasteiger partial charge in [-0.15, -0.1) is 0 Å². The highest BCUT2D eigenvalue weighted by Crippen LogP contribution is 2.28. The van der Waals surface area contributed by atoms with E-state index in [2.05, 4.69) is 15.9 Å². The molecule has 1 aromatic carbocycles. The number of aliphatic hydroxyl groups is 2. The third kappa shape index (κ3) is 2.97. The van der Waals surface area contributed by atoms with Gasteiger partial charge >= 0.3 is 0 Å². The van der Waals surface area contributed by atoms with Gasteiger partial charge in [0.2, 0.25) is 0 Å². The summed E-state index contributed by atoms with van der Waals surface area (Å²) >= 11 is 3.44. The molecular weight excluding hydrogens is 270 g/mol. The molecule has 0 aliphatic carbocycles. The monoisotopic (exact) mass is 287 g/mol. The molecular formula is C12H18BrNO2. The lowest BCUT2D eigenvalue weighted by molar-refractivity contribution is 0.198. The zero-order valence-electron chi connectivity index (χ0n) is 9.81. The van der Waals surface area contributed by atoms with Gasteiger partial charge in [-0.2, -0.15) is 0 Å². The van der Waals surface area contributed by atoms with Crippen LogP contribution in [0.1, 0.15) is 25.5 Å². The van der Waals surface area contributed by atoms with E-state index < -0.39 is 6.10 Å². The topological polar surface area (TPSA) is 43.7 Å². The fraction of sp³-hybridized carbons (Fsp3) is 0.500. The average molecular weight is 288 g/mol. The van der Waals surface area contributed by atoms with Gasteiger partial charge in [0.25, 0.3) is 0 Å². The van der Waals surface area contributed by atoms with Gasteiger partial charge in [0.15, 0.2) is 0 Å². The summed E-state index contributed by atoms with van der Waals surface area (Å²) in [5.41, 5.74) is 1.88. The van der Waals surface area contributed by atoms with Crippen LogP contribution in [0.25, 0.3) is 0 Å². The highest BCUT2D eigenvalue weighted by molar-refractivity contribution is 9.10. The number of anilines is 1. The Bertz CT molecular complexity index is 355. The van der Waals surface area contributed by atoms with Crippen LogP contribution in [0.4, 0.5) is 5.69 Å². The molecule has 1 aromatic rings. The number of rotatable bonds is 4. The fourth-order valence-electron chi connectivity index (χ4n) is 1.45. The van der Waals surface area contributed by atoms with Gasteiger partial charge in [-0.1, -0.05) is 22.0 Å². The molecule has 90 valence electrons. The summed E-state index contributed by atoms with van der Waals surface area (Å²) in [6.07, 6.45) is -0.482. The SMILES string of the molecule is CC(CO)N(C)c1ccc([C@H](C)O)c(Br)c1. The standard InChI is InChI=1S/C12H18BrNO2/c1-8(7-15)14(3)10-4-5-11(9(2)16)12(13)6-10/h4-6,8-9,15-16H,7H2,1-3H3/t8?,9-/m0/s1. The van der Waals surface area contributed by atoms with Crippen LogP contribution in [0.3, 0.4) is 0 Å². The van der Waals surface area contributed by atoms with Crippen LogP contribution in [0.2, 0.25) is 0 Å². The first-order chi connectivity index (χ1) is 7.47. The molecule has 0 amide bonds. The van der Waals surface area contributed by atoms with E-state index in [4.69, 9.17) is 5.11 Å². The van der Waals surface area contributed by atoms with Crippen LogP contribution in [0, 0.1) is 0 Å². The molecule has 1 rings (SSSR count). The molecule has 0 fully saturated rings. The molecule has 0 saturated heterocycles. The molecule has 1 unspecified atom stereocenters. The minimum atomic E-state index is -0.482. The maximum atomic E-state index is 9.51. The molecule has 0 bridgehead atoms. The van der Waals surface area contributed by atoms with E-state index in [9.17, 15) is 5.11 Å². The molecule has 0 saturated carbocycles. The second-order valence-electron chi connectivity index (χ2n) is 4.02. The largest absolute Gasteiger partial charge is 0.394 e. The van der Waals surface area contributed by atoms with Gasteiger partial charge in [0.1, 0.15) is 0 Å². The van der Waals surface area contributed by atoms with Crippen LogP contribution < -0.4 is 4.90 Å². The molecule has 0 aliphatic heterocycles. The van der Waals surface area contributed by atoms with Crippen molar-refractivity contribution in [3.05, 3.63) is 28.2 Å². The number of hydrogen-bond acceptors (Lipinski definition) is 3. The molecule has 3 nitrogen and oxygen atoms in total. The molecule has 2 N–H and O–H groups in total. The third-order valence-electron chi connectivity index (χ3n) is 2.77. The molecule has 0 aliphatic rings. The first-order valence-corrected chi connectivity index (χ1v) is 6.08. The molecule has 0 heterocycles. The second-order valence-corrected chi connectivity index (χ2v) is 4.88. The molecule has 0 spiro atoms. The van der Waals surface area contributed by atoms with Crippen molar-refractivity contribution in [2.45, 2.75) is 26.0 Å². The van der Waals surface area contributed by atoms with E-state index in [0.29, 0.717) is 0 Å². The van der Waals surface area contributed by atoms with E-state index >= 15 is 0 Å². The van der Waals surface area contributed by atoms with E-state index in [1.54, 1.807) is 6.92 Å². The lowest BCUT2D eigenvalue weighted by Gasteiger charge is -2.26. The predicted molar refractivity (Wildman–Crippen MR) is 69.7 cm³/mol. The van der Waals surface area contributed by atoms with E-state index in [0.717, 1.165) is 15.7 Å². The van der Waals surface area contributed by atoms with Gasteiger partial charge < -0.3 is 15.1 Å². The van der Waals surface area contributed by atoms with Crippen LogP contribution in [-0.4, -0.2) is 29.9 Å². The fourth-order valence-corrected chi connectivity index (χ4v) is 2.15. The predicted octanol–water partition coefficient (Wildman–Crippen LogP) is 2.32. The number of halogens is 1. The number of hydrogen-bond donors (Lipinski definition) is 2. The van der Waals surface area contributed by atoms with Gasteiger partial charge in [-0.05, 0) is 31.5 Å². The molecule has 4 heteroatoms. The Balaban J connectivity index is 2.97. The van der Waals surface area contributed by atoms with E-state index in [1.807, 2.05) is 37.1 Å². The van der Waals surface area contributed by atoms with Crippen LogP contribution in [0.15, 0.2) is 22.7 Å². The van der Waals surface area contributed by atoms with Crippen molar-refractivity contribution in [1.82, 2.24) is 0 Å². The summed E-state index contributed by atoms with van der Waals surface area (Å²) in [5, 5.41) is 18.6. The van der Waals surface area contributed by atoms with E-state index in [-0.39, 0.29) is 12.6 Å². The maximum Gasteiger partial charge on any atom is 0.0772 e. The zero-order chi connectivity index (χ0) is 12.3. The van der Waals surface area contributed by atoms with E-state index in [1.165, 1.54) is 0 Å². The third-order valence-corrected chi connectivity index (χ3v) is 3.45. The summed E-state index contributed by atoms with van der Waals surface area (Å²) in [6, 6.07) is 5.86. The Hall–Kier alpha value is -0.580. The van der Waals surface area contributed by atoms with Gasteiger partial charge in [-0.25, -0.2) is 0 Å². The summed E-state index contributed by atoms with van der Waals surface area (Å²) in [4.78, 5) is 2.00. The molecule has 2 atom stereocenters. The summed E-state index contributed by atoms with van der Waals surface area (Å²) in [5.74, 6) is 0. The lowest BCUT2D eigenvalue weighted by atomic mass is 10.1. The number of benzene rings is 1. The normalized spacial score (nSPS) is 14.6. The van der Waals surface area contributed by atoms with Crippen LogP contribution >= 0.6 is 15.9 Å². The van der Waals surface area contributed by atoms with Gasteiger partial charge in [0, 0.05) is 23.2 Å². The van der Waals surface area contributed by atoms with Crippen molar-refractivity contribution in [1.29, 1.82) is 0 Å². The van der Waals surface area contributed by atoms with Crippen LogP contribution in [0.5, 0.6) is 0 Å². The second kappa shape index (κ2) is 5.66. The summed E-state index contributed by atoms with van der Waals surface area (Å²) in [6.45, 7) is 3.81. The van der Waals surface area contributed by atoms with Crippen molar-refractivity contribution >= 4 is 21.6 Å². The van der Waals surface area contributed by atoms with Gasteiger partial charge in [-0.3, -0.25) is 0 Å². The number of likely N-dealkylation sites (N-methyl/N-ethyl adjacent to an activating group) is 1. The average Bonchev–Trinajstić information content (AvgIpc) is 2.26. The van der Waals surface area contributed by atoms with Crippen molar-refractivity contribution in [2.75, 3.05) is 18.6 Å². The Morgan fingerprint density at radius 3 is 2.44 bits per heavy atom. The number of nitrogens with zero attached hydrogens (tertiary/aromatic N) is 1. The van der Waals surface area contributed by atoms with Crippen molar-refractivity contribution in [3.63, 3.8) is 0 Å². The highest BCUT2D eigenvalue weighted by atomic mass is 79.9. The Kier molecular flexibility index (Phi) is 4.77. The Morgan fingerprint density at radius 2 is 2.00 bits per heavy atom. The zero-order valence-corrected chi connectivity index (χ0v) is 11.4. The first-order valence-electron chi connectivity index (χ1n) is 5.28. The molecule has 0 radical (unpaired) electrons. The number of aliphatic hydroxyl groups excluding tert-OH is 2. The highest BCUT2D eigenvalue weighted by Gasteiger charge is 2.12. The van der Waals surface area contributed by atoms with Crippen molar-refractivity contribution in [3.8, 4) is 0 Å². The quantitative estimate of drug-likeness (QED) is 0.893. The van der Waals surface area contributed by atoms with Crippen molar-refractivity contribution < 1.29 is 10.2 Å². The summed E-state index contributed by atoms with van der Waals surface area (Å²) in [7, 11) is 1.94. The molecule has 0 aromatic heterocycles. The smallest absolute Gasteiger partial charge is 0.0772 e. The minimum absolute atomic E-state index is 0.0734. The van der Waals surface area contributed by atoms with Crippen molar-refractivity contribution in [2.24, 2.45) is 0 Å². The Labute approximate surface area is 105 Å². The van der Waals surface area contributed by atoms with Crippen LogP contribution in [-0.2, 0) is 0 Å². The first kappa shape index (κ1) is 13.5. The Morgan fingerprint density at radius 1 is 1.38 bits per heavy atom. The summed E-state index contributed by atoms with van der Waals surface area (Å²) < 4.78 is 0.886. The maximum absolute atomic E-state index is 9.51. The molecule has 16 heavy (non-hydrogen) atoms.